The molecule has 0 spiro atoms. The van der Waals surface area contributed by atoms with Crippen LogP contribution in [0.2, 0.25) is 19.6 Å². The molecule has 1 aliphatic heterocycles. The minimum atomic E-state index is -1.51. The molecule has 0 bridgehead atoms. The molecule has 1 aromatic rings. The number of thioether (sulfide) groups is 1. The van der Waals surface area contributed by atoms with E-state index in [0.717, 1.165) is 12.2 Å². The van der Waals surface area contributed by atoms with Crippen LogP contribution in [0.4, 0.5) is 0 Å². The van der Waals surface area contributed by atoms with Crippen molar-refractivity contribution in [2.24, 2.45) is 5.92 Å². The first-order valence-electron chi connectivity index (χ1n) is 6.82. The van der Waals surface area contributed by atoms with Gasteiger partial charge in [0, 0.05) is 11.3 Å². The lowest BCUT2D eigenvalue weighted by molar-refractivity contribution is -0.0390. The lowest BCUT2D eigenvalue weighted by Gasteiger charge is -2.19. The molecule has 2 rings (SSSR count). The molecule has 1 fully saturated rings. The van der Waals surface area contributed by atoms with Crippen LogP contribution in [0.3, 0.4) is 0 Å². The summed E-state index contributed by atoms with van der Waals surface area (Å²) in [5, 5.41) is 0. The lowest BCUT2D eigenvalue weighted by Crippen LogP contribution is -2.31. The van der Waals surface area contributed by atoms with Crippen LogP contribution < -0.4 is 0 Å². The van der Waals surface area contributed by atoms with Crippen molar-refractivity contribution in [3.63, 3.8) is 0 Å². The highest BCUT2D eigenvalue weighted by molar-refractivity contribution is 7.99. The lowest BCUT2D eigenvalue weighted by atomic mass is 10.1. The second-order valence-electron chi connectivity index (χ2n) is 5.98. The Morgan fingerprint density at radius 1 is 1.32 bits per heavy atom. The molecule has 0 aliphatic carbocycles. The molecule has 0 saturated carbocycles. The largest absolute Gasteiger partial charge is 0.390 e. The normalized spacial score (nSPS) is 23.9. The van der Waals surface area contributed by atoms with E-state index in [2.05, 4.69) is 50.8 Å². The minimum Gasteiger partial charge on any atom is -0.390 e. The van der Waals surface area contributed by atoms with Gasteiger partial charge in [-0.05, 0) is 38.7 Å². The first kappa shape index (κ1) is 15.0. The van der Waals surface area contributed by atoms with Crippen molar-refractivity contribution in [1.82, 2.24) is 0 Å². The summed E-state index contributed by atoms with van der Waals surface area (Å²) in [6.45, 7) is 8.85. The molecule has 0 amide bonds. The van der Waals surface area contributed by atoms with E-state index in [1.807, 2.05) is 17.8 Å². The van der Waals surface area contributed by atoms with Crippen LogP contribution in [-0.2, 0) is 9.16 Å². The van der Waals surface area contributed by atoms with Crippen molar-refractivity contribution in [2.45, 2.75) is 44.2 Å². The number of hydrogen-bond acceptors (Lipinski definition) is 3. The molecule has 0 radical (unpaired) electrons. The zero-order valence-electron chi connectivity index (χ0n) is 12.2. The second kappa shape index (κ2) is 6.35. The van der Waals surface area contributed by atoms with E-state index in [0.29, 0.717) is 5.92 Å². The minimum absolute atomic E-state index is 0.0203. The molecule has 1 aromatic carbocycles. The van der Waals surface area contributed by atoms with Gasteiger partial charge in [0.25, 0.3) is 6.10 Å². The fraction of sp³-hybridized carbons (Fsp3) is 0.533. The van der Waals surface area contributed by atoms with Crippen LogP contribution in [0.5, 0.6) is 0 Å². The average Bonchev–Trinajstić information content (AvgIpc) is 2.66. The quantitative estimate of drug-likeness (QED) is 0.451. The van der Waals surface area contributed by atoms with Crippen molar-refractivity contribution in [3.05, 3.63) is 36.4 Å². The molecular formula is C15H23O2SSi+. The zero-order valence-corrected chi connectivity index (χ0v) is 14.0. The first-order chi connectivity index (χ1) is 8.94. The third kappa shape index (κ3) is 4.88. The molecule has 2 nitrogen and oxygen atoms in total. The summed E-state index contributed by atoms with van der Waals surface area (Å²) >= 11 is 1.84. The summed E-state index contributed by atoms with van der Waals surface area (Å²) in [4.78, 5) is 1.29. The molecule has 4 heteroatoms. The van der Waals surface area contributed by atoms with Crippen LogP contribution in [-0.4, -0.2) is 20.4 Å². The standard InChI is InChI=1S/C15H23O2SSi/c1-12-10-15(17-19(2,3)4)16-14(12)11-18-13-8-6-5-7-9-13/h5-9,12,15H,10-11H2,1-4H3/q+1. The highest BCUT2D eigenvalue weighted by Gasteiger charge is 2.45. The van der Waals surface area contributed by atoms with E-state index in [9.17, 15) is 0 Å². The van der Waals surface area contributed by atoms with Gasteiger partial charge < -0.3 is 4.43 Å². The van der Waals surface area contributed by atoms with E-state index in [1.54, 1.807) is 0 Å². The number of hydrogen-bond donors (Lipinski definition) is 0. The van der Waals surface area contributed by atoms with Gasteiger partial charge in [0.15, 0.2) is 14.1 Å². The third-order valence-electron chi connectivity index (χ3n) is 2.99. The Morgan fingerprint density at radius 3 is 2.63 bits per heavy atom. The monoisotopic (exact) mass is 295 g/mol. The van der Waals surface area contributed by atoms with Crippen molar-refractivity contribution < 1.29 is 9.16 Å². The van der Waals surface area contributed by atoms with Crippen molar-refractivity contribution in [1.29, 1.82) is 0 Å². The summed E-state index contributed by atoms with van der Waals surface area (Å²) in [5.74, 6) is 1.43. The summed E-state index contributed by atoms with van der Waals surface area (Å²) in [6, 6.07) is 10.5. The van der Waals surface area contributed by atoms with Gasteiger partial charge in [0.1, 0.15) is 5.92 Å². The maximum Gasteiger partial charge on any atom is 0.258 e. The zero-order chi connectivity index (χ0) is 13.9. The SMILES string of the molecule is CC1CC(O[Si](C)(C)C)O[C+]1CSc1ccccc1. The van der Waals surface area contributed by atoms with Gasteiger partial charge in [-0.15, -0.1) is 0 Å². The smallest absolute Gasteiger partial charge is 0.258 e. The first-order valence-corrected chi connectivity index (χ1v) is 11.2. The Hall–Kier alpha value is -0.423. The molecule has 0 aromatic heterocycles. The Kier molecular flexibility index (Phi) is 5.01. The number of ether oxygens (including phenoxy) is 1. The van der Waals surface area contributed by atoms with Crippen LogP contribution >= 0.6 is 11.8 Å². The molecule has 2 atom stereocenters. The maximum absolute atomic E-state index is 6.04. The topological polar surface area (TPSA) is 18.5 Å². The molecule has 104 valence electrons. The average molecular weight is 296 g/mol. The molecule has 0 N–H and O–H groups in total. The second-order valence-corrected chi connectivity index (χ2v) is 11.5. The highest BCUT2D eigenvalue weighted by Crippen LogP contribution is 2.37. The molecular weight excluding hydrogens is 272 g/mol. The molecule has 1 aliphatic rings. The van der Waals surface area contributed by atoms with Crippen LogP contribution in [0.25, 0.3) is 0 Å². The molecule has 1 heterocycles. The molecule has 19 heavy (non-hydrogen) atoms. The number of rotatable bonds is 5. The van der Waals surface area contributed by atoms with Crippen molar-refractivity contribution in [2.75, 3.05) is 5.75 Å². The van der Waals surface area contributed by atoms with Gasteiger partial charge in [0.2, 0.25) is 6.29 Å². The van der Waals surface area contributed by atoms with Crippen LogP contribution in [0, 0.1) is 12.0 Å². The van der Waals surface area contributed by atoms with Gasteiger partial charge in [-0.25, -0.2) is 0 Å². The van der Waals surface area contributed by atoms with Gasteiger partial charge in [-0.2, -0.15) is 4.74 Å². The number of benzene rings is 1. The Labute approximate surface area is 122 Å². The summed E-state index contributed by atoms with van der Waals surface area (Å²) in [7, 11) is -1.51. The summed E-state index contributed by atoms with van der Waals surface area (Å²) in [6.07, 6.45) is 2.15. The van der Waals surface area contributed by atoms with Gasteiger partial charge in [-0.1, -0.05) is 30.0 Å². The predicted molar refractivity (Wildman–Crippen MR) is 83.5 cm³/mol. The third-order valence-corrected chi connectivity index (χ3v) is 4.99. The van der Waals surface area contributed by atoms with E-state index in [4.69, 9.17) is 9.16 Å². The molecule has 1 saturated heterocycles. The van der Waals surface area contributed by atoms with Crippen molar-refractivity contribution in [3.8, 4) is 0 Å². The van der Waals surface area contributed by atoms with E-state index < -0.39 is 8.32 Å². The fourth-order valence-electron chi connectivity index (χ4n) is 2.07. The molecule has 2 unspecified atom stereocenters. The van der Waals surface area contributed by atoms with E-state index in [-0.39, 0.29) is 6.29 Å². The predicted octanol–water partition coefficient (Wildman–Crippen LogP) is 4.54. The Bertz CT molecular complexity index is 391. The van der Waals surface area contributed by atoms with E-state index >= 15 is 0 Å². The maximum atomic E-state index is 6.04. The van der Waals surface area contributed by atoms with Crippen molar-refractivity contribution >= 4 is 20.1 Å². The van der Waals surface area contributed by atoms with Gasteiger partial charge in [0.05, 0.1) is 0 Å². The van der Waals surface area contributed by atoms with Gasteiger partial charge >= 0.3 is 0 Å². The van der Waals surface area contributed by atoms with Gasteiger partial charge in [-0.3, -0.25) is 0 Å². The fourth-order valence-corrected chi connectivity index (χ4v) is 4.01. The van der Waals surface area contributed by atoms with E-state index in [1.165, 1.54) is 11.0 Å². The van der Waals surface area contributed by atoms with Crippen LogP contribution in [0.1, 0.15) is 13.3 Å². The Morgan fingerprint density at radius 2 is 2.00 bits per heavy atom. The summed E-state index contributed by atoms with van der Waals surface area (Å²) < 4.78 is 12.0. The Balaban J connectivity index is 1.82. The van der Waals surface area contributed by atoms with Crippen LogP contribution in [0.15, 0.2) is 35.2 Å². The summed E-state index contributed by atoms with van der Waals surface area (Å²) in [5.41, 5.74) is 0. The highest BCUT2D eigenvalue weighted by atomic mass is 32.2.